The highest BCUT2D eigenvalue weighted by Gasteiger charge is 2.03. The number of hydrogen-bond donors (Lipinski definition) is 1. The molecule has 1 unspecified atom stereocenters. The van der Waals surface area contributed by atoms with E-state index in [4.69, 9.17) is 16.3 Å². The van der Waals surface area contributed by atoms with Gasteiger partial charge in [0.25, 0.3) is 0 Å². The second-order valence-electron chi connectivity index (χ2n) is 4.36. The molecule has 0 bridgehead atoms. The molecule has 2 aromatic carbocycles. The molecule has 0 saturated carbocycles. The molecule has 19 heavy (non-hydrogen) atoms. The summed E-state index contributed by atoms with van der Waals surface area (Å²) < 4.78 is 5.78. The number of rotatable bonds is 6. The first-order valence-electron chi connectivity index (χ1n) is 6.41. The van der Waals surface area contributed by atoms with Gasteiger partial charge in [0.15, 0.2) is 0 Å². The summed E-state index contributed by atoms with van der Waals surface area (Å²) in [5, 5.41) is 4.02. The predicted molar refractivity (Wildman–Crippen MR) is 80.8 cm³/mol. The van der Waals surface area contributed by atoms with Crippen LogP contribution in [0.25, 0.3) is 0 Å². The Morgan fingerprint density at radius 3 is 2.63 bits per heavy atom. The van der Waals surface area contributed by atoms with Gasteiger partial charge >= 0.3 is 0 Å². The Kier molecular flexibility index (Phi) is 5.25. The van der Waals surface area contributed by atoms with Gasteiger partial charge in [0.2, 0.25) is 0 Å². The van der Waals surface area contributed by atoms with Gasteiger partial charge in [0.05, 0.1) is 12.7 Å². The van der Waals surface area contributed by atoms with Gasteiger partial charge in [-0.15, -0.1) is 0 Å². The Bertz CT molecular complexity index is 501. The van der Waals surface area contributed by atoms with Crippen LogP contribution in [-0.4, -0.2) is 13.2 Å². The third kappa shape index (κ3) is 4.58. The van der Waals surface area contributed by atoms with E-state index in [0.29, 0.717) is 6.61 Å². The quantitative estimate of drug-likeness (QED) is 0.782. The summed E-state index contributed by atoms with van der Waals surface area (Å²) in [4.78, 5) is 0. The van der Waals surface area contributed by atoms with Crippen LogP contribution in [0.5, 0.6) is 0 Å². The minimum Gasteiger partial charge on any atom is -0.383 e. The van der Waals surface area contributed by atoms with Gasteiger partial charge in [-0.3, -0.25) is 0 Å². The largest absolute Gasteiger partial charge is 0.383 e. The van der Waals surface area contributed by atoms with Crippen LogP contribution in [0.1, 0.15) is 18.6 Å². The molecule has 0 amide bonds. The van der Waals surface area contributed by atoms with Gasteiger partial charge < -0.3 is 10.1 Å². The summed E-state index contributed by atoms with van der Waals surface area (Å²) in [6.07, 6.45) is 0.113. The van der Waals surface area contributed by atoms with E-state index in [1.165, 1.54) is 5.56 Å². The van der Waals surface area contributed by atoms with Gasteiger partial charge in [0.1, 0.15) is 0 Å². The van der Waals surface area contributed by atoms with Crippen LogP contribution in [0, 0.1) is 0 Å². The molecule has 1 N–H and O–H groups in total. The normalized spacial score (nSPS) is 12.1. The minimum atomic E-state index is 0.113. The molecule has 0 fully saturated rings. The topological polar surface area (TPSA) is 21.3 Å². The predicted octanol–water partition coefficient (Wildman–Crippen LogP) is 4.53. The number of anilines is 1. The molecule has 0 aliphatic heterocycles. The van der Waals surface area contributed by atoms with Crippen LogP contribution in [-0.2, 0) is 4.74 Å². The van der Waals surface area contributed by atoms with E-state index in [1.807, 2.05) is 42.5 Å². The van der Waals surface area contributed by atoms with Gasteiger partial charge in [-0.25, -0.2) is 0 Å². The van der Waals surface area contributed by atoms with Gasteiger partial charge in [0, 0.05) is 17.3 Å². The maximum atomic E-state index is 5.92. The number of hydrogen-bond acceptors (Lipinski definition) is 2. The lowest BCUT2D eigenvalue weighted by Crippen LogP contribution is -2.11. The minimum absolute atomic E-state index is 0.113. The second-order valence-corrected chi connectivity index (χ2v) is 4.80. The molecule has 0 aliphatic carbocycles. The van der Waals surface area contributed by atoms with Crippen molar-refractivity contribution >= 4 is 17.3 Å². The number of ether oxygens (including phenoxy) is 1. The molecule has 0 aliphatic rings. The summed E-state index contributed by atoms with van der Waals surface area (Å²) in [5.74, 6) is 0. The highest BCUT2D eigenvalue weighted by atomic mass is 35.5. The van der Waals surface area contributed by atoms with Crippen molar-refractivity contribution in [2.24, 2.45) is 0 Å². The van der Waals surface area contributed by atoms with E-state index in [2.05, 4.69) is 24.4 Å². The molecular weight excluding hydrogens is 258 g/mol. The van der Waals surface area contributed by atoms with Gasteiger partial charge in [-0.2, -0.15) is 0 Å². The van der Waals surface area contributed by atoms with Crippen LogP contribution in [0.3, 0.4) is 0 Å². The summed E-state index contributed by atoms with van der Waals surface area (Å²) >= 11 is 5.92. The Morgan fingerprint density at radius 1 is 1.11 bits per heavy atom. The Hall–Kier alpha value is -1.51. The third-order valence-corrected chi connectivity index (χ3v) is 3.13. The molecule has 0 heterocycles. The molecule has 0 saturated heterocycles. The van der Waals surface area contributed by atoms with E-state index in [1.54, 1.807) is 0 Å². The summed E-state index contributed by atoms with van der Waals surface area (Å²) in [5.41, 5.74) is 2.22. The smallest absolute Gasteiger partial charge is 0.0797 e. The number of benzene rings is 2. The highest BCUT2D eigenvalue weighted by Crippen LogP contribution is 2.16. The van der Waals surface area contributed by atoms with Crippen molar-refractivity contribution in [1.29, 1.82) is 0 Å². The average molecular weight is 276 g/mol. The molecule has 2 rings (SSSR count). The fraction of sp³-hybridized carbons (Fsp3) is 0.250. The summed E-state index contributed by atoms with van der Waals surface area (Å²) in [7, 11) is 0. The molecule has 2 aromatic rings. The van der Waals surface area contributed by atoms with Gasteiger partial charge in [-0.05, 0) is 30.7 Å². The Labute approximate surface area is 119 Å². The molecule has 100 valence electrons. The first-order chi connectivity index (χ1) is 9.25. The monoisotopic (exact) mass is 275 g/mol. The van der Waals surface area contributed by atoms with Crippen molar-refractivity contribution in [3.63, 3.8) is 0 Å². The van der Waals surface area contributed by atoms with Crippen LogP contribution in [0.15, 0.2) is 54.6 Å². The molecule has 0 spiro atoms. The second kappa shape index (κ2) is 7.17. The molecule has 3 heteroatoms. The van der Waals surface area contributed by atoms with Crippen molar-refractivity contribution in [3.05, 3.63) is 65.2 Å². The zero-order valence-corrected chi connectivity index (χ0v) is 11.7. The third-order valence-electron chi connectivity index (χ3n) is 2.89. The maximum Gasteiger partial charge on any atom is 0.0797 e. The molecule has 0 radical (unpaired) electrons. The van der Waals surface area contributed by atoms with Crippen molar-refractivity contribution < 1.29 is 4.74 Å². The van der Waals surface area contributed by atoms with Crippen LogP contribution in [0.4, 0.5) is 5.69 Å². The van der Waals surface area contributed by atoms with Crippen molar-refractivity contribution in [2.75, 3.05) is 18.5 Å². The molecule has 0 aromatic heterocycles. The zero-order chi connectivity index (χ0) is 13.5. The first kappa shape index (κ1) is 13.9. The summed E-state index contributed by atoms with van der Waals surface area (Å²) in [6.45, 7) is 3.48. The summed E-state index contributed by atoms with van der Waals surface area (Å²) in [6, 6.07) is 17.9. The molecule has 2 nitrogen and oxygen atoms in total. The standard InChI is InChI=1S/C16H18ClNO/c1-13(14-6-3-2-4-7-14)19-11-10-18-16-9-5-8-15(17)12-16/h2-9,12-13,18H,10-11H2,1H3. The average Bonchev–Trinajstić information content (AvgIpc) is 2.44. The Balaban J connectivity index is 1.72. The lowest BCUT2D eigenvalue weighted by molar-refractivity contribution is 0.0736. The van der Waals surface area contributed by atoms with E-state index in [-0.39, 0.29) is 6.10 Å². The maximum absolute atomic E-state index is 5.92. The zero-order valence-electron chi connectivity index (χ0n) is 11.0. The highest BCUT2D eigenvalue weighted by molar-refractivity contribution is 6.30. The van der Waals surface area contributed by atoms with Gasteiger partial charge in [-0.1, -0.05) is 48.0 Å². The van der Waals surface area contributed by atoms with Crippen LogP contribution in [0.2, 0.25) is 5.02 Å². The number of nitrogens with one attached hydrogen (secondary N) is 1. The fourth-order valence-electron chi connectivity index (χ4n) is 1.85. The Morgan fingerprint density at radius 2 is 1.89 bits per heavy atom. The van der Waals surface area contributed by atoms with Crippen molar-refractivity contribution in [2.45, 2.75) is 13.0 Å². The van der Waals surface area contributed by atoms with E-state index >= 15 is 0 Å². The van der Waals surface area contributed by atoms with E-state index in [9.17, 15) is 0 Å². The first-order valence-corrected chi connectivity index (χ1v) is 6.79. The number of halogens is 1. The SMILES string of the molecule is CC(OCCNc1cccc(Cl)c1)c1ccccc1. The molecular formula is C16H18ClNO. The lowest BCUT2D eigenvalue weighted by atomic mass is 10.1. The van der Waals surface area contributed by atoms with Crippen molar-refractivity contribution in [1.82, 2.24) is 0 Å². The van der Waals surface area contributed by atoms with E-state index < -0.39 is 0 Å². The fourth-order valence-corrected chi connectivity index (χ4v) is 2.04. The van der Waals surface area contributed by atoms with Crippen molar-refractivity contribution in [3.8, 4) is 0 Å². The van der Waals surface area contributed by atoms with E-state index in [0.717, 1.165) is 17.3 Å². The lowest BCUT2D eigenvalue weighted by Gasteiger charge is -2.14. The van der Waals surface area contributed by atoms with Crippen LogP contribution < -0.4 is 5.32 Å². The molecule has 1 atom stereocenters. The van der Waals surface area contributed by atoms with Crippen LogP contribution >= 0.6 is 11.6 Å².